The van der Waals surface area contributed by atoms with Gasteiger partial charge in [-0.05, 0) is 45.0 Å². The lowest BCUT2D eigenvalue weighted by molar-refractivity contribution is -0.144. The minimum Gasteiger partial charge on any atom is -0.491 e. The molecule has 0 fully saturated rings. The minimum absolute atomic E-state index is 0.160. The lowest BCUT2D eigenvalue weighted by Gasteiger charge is -2.09. The summed E-state index contributed by atoms with van der Waals surface area (Å²) in [7, 11) is 0. The molecular weight excluding hydrogens is 298 g/mol. The predicted octanol–water partition coefficient (Wildman–Crippen LogP) is 4.36. The zero-order chi connectivity index (χ0) is 16.1. The smallest absolute Gasteiger partial charge is 0.305 e. The van der Waals surface area contributed by atoms with Crippen molar-refractivity contribution in [1.82, 2.24) is 4.98 Å². The van der Waals surface area contributed by atoms with E-state index in [1.807, 2.05) is 45.0 Å². The molecule has 0 saturated carbocycles. The average Bonchev–Trinajstić information content (AvgIpc) is 2.86. The van der Waals surface area contributed by atoms with Gasteiger partial charge in [-0.1, -0.05) is 6.92 Å². The molecule has 0 aliphatic carbocycles. The number of ether oxygens (including phenoxy) is 2. The zero-order valence-electron chi connectivity index (χ0n) is 13.4. The van der Waals surface area contributed by atoms with E-state index in [-0.39, 0.29) is 12.1 Å². The standard InChI is InChI=1S/C17H21NO3S/c1-5-16(19)20-10-15-12(4)18-17(22-15)13-6-8-14(9-7-13)21-11(2)3/h6-9,11H,5,10H2,1-4H3. The fourth-order valence-electron chi connectivity index (χ4n) is 1.88. The molecule has 0 aliphatic rings. The average molecular weight is 319 g/mol. The van der Waals surface area contributed by atoms with Crippen molar-refractivity contribution < 1.29 is 14.3 Å². The molecule has 4 nitrogen and oxygen atoms in total. The maximum atomic E-state index is 11.2. The van der Waals surface area contributed by atoms with Crippen LogP contribution in [0.3, 0.4) is 0 Å². The Balaban J connectivity index is 2.11. The zero-order valence-corrected chi connectivity index (χ0v) is 14.2. The first kappa shape index (κ1) is 16.5. The van der Waals surface area contributed by atoms with Crippen molar-refractivity contribution in [2.24, 2.45) is 0 Å². The van der Waals surface area contributed by atoms with Gasteiger partial charge in [-0.15, -0.1) is 11.3 Å². The summed E-state index contributed by atoms with van der Waals surface area (Å²) in [4.78, 5) is 16.8. The maximum absolute atomic E-state index is 11.2. The number of rotatable bonds is 6. The fraction of sp³-hybridized carbons (Fsp3) is 0.412. The van der Waals surface area contributed by atoms with Crippen LogP contribution in [0.1, 0.15) is 37.8 Å². The van der Waals surface area contributed by atoms with E-state index in [1.165, 1.54) is 0 Å². The Morgan fingerprint density at radius 1 is 1.27 bits per heavy atom. The van der Waals surface area contributed by atoms with Crippen molar-refractivity contribution >= 4 is 17.3 Å². The van der Waals surface area contributed by atoms with Crippen molar-refractivity contribution in [3.05, 3.63) is 34.8 Å². The predicted molar refractivity (Wildman–Crippen MR) is 88.1 cm³/mol. The van der Waals surface area contributed by atoms with E-state index in [0.29, 0.717) is 13.0 Å². The second-order valence-corrected chi connectivity index (χ2v) is 6.32. The summed E-state index contributed by atoms with van der Waals surface area (Å²) in [6.07, 6.45) is 0.551. The summed E-state index contributed by atoms with van der Waals surface area (Å²) in [5, 5.41) is 0.927. The molecule has 5 heteroatoms. The first-order chi connectivity index (χ1) is 10.5. The molecule has 0 spiro atoms. The van der Waals surface area contributed by atoms with Gasteiger partial charge in [0.05, 0.1) is 16.7 Å². The van der Waals surface area contributed by atoms with E-state index >= 15 is 0 Å². The van der Waals surface area contributed by atoms with Crippen LogP contribution >= 0.6 is 11.3 Å². The molecule has 0 amide bonds. The number of nitrogens with zero attached hydrogens (tertiary/aromatic N) is 1. The number of hydrogen-bond acceptors (Lipinski definition) is 5. The molecule has 0 aliphatic heterocycles. The highest BCUT2D eigenvalue weighted by Crippen LogP contribution is 2.29. The lowest BCUT2D eigenvalue weighted by atomic mass is 10.2. The Morgan fingerprint density at radius 2 is 1.95 bits per heavy atom. The number of carbonyl (C=O) groups excluding carboxylic acids is 1. The Bertz CT molecular complexity index is 632. The molecular formula is C17H21NO3S. The van der Waals surface area contributed by atoms with Gasteiger partial charge in [0.25, 0.3) is 0 Å². The summed E-state index contributed by atoms with van der Waals surface area (Å²) in [6.45, 7) is 8.02. The fourth-order valence-corrected chi connectivity index (χ4v) is 2.86. The second kappa shape index (κ2) is 7.40. The number of thiazole rings is 1. The molecule has 0 bridgehead atoms. The van der Waals surface area contributed by atoms with Crippen LogP contribution in [0.2, 0.25) is 0 Å². The number of hydrogen-bond donors (Lipinski definition) is 0. The minimum atomic E-state index is -0.190. The third-order valence-electron chi connectivity index (χ3n) is 3.02. The van der Waals surface area contributed by atoms with Crippen molar-refractivity contribution in [2.45, 2.75) is 46.8 Å². The van der Waals surface area contributed by atoms with Crippen LogP contribution in [0, 0.1) is 6.92 Å². The molecule has 2 rings (SSSR count). The van der Waals surface area contributed by atoms with Crippen molar-refractivity contribution in [3.8, 4) is 16.3 Å². The monoisotopic (exact) mass is 319 g/mol. The first-order valence-electron chi connectivity index (χ1n) is 7.38. The number of esters is 1. The Hall–Kier alpha value is -1.88. The molecule has 1 heterocycles. The largest absolute Gasteiger partial charge is 0.491 e. The molecule has 2 aromatic rings. The molecule has 1 aromatic heterocycles. The Kier molecular flexibility index (Phi) is 5.55. The first-order valence-corrected chi connectivity index (χ1v) is 8.20. The molecule has 0 N–H and O–H groups in total. The summed E-state index contributed by atoms with van der Waals surface area (Å²) < 4.78 is 10.8. The highest BCUT2D eigenvalue weighted by atomic mass is 32.1. The highest BCUT2D eigenvalue weighted by Gasteiger charge is 2.11. The third-order valence-corrected chi connectivity index (χ3v) is 4.20. The number of aromatic nitrogens is 1. The van der Waals surface area contributed by atoms with Gasteiger partial charge < -0.3 is 9.47 Å². The second-order valence-electron chi connectivity index (χ2n) is 5.23. The molecule has 0 saturated heterocycles. The molecule has 118 valence electrons. The van der Waals surface area contributed by atoms with E-state index in [9.17, 15) is 4.79 Å². The normalized spacial score (nSPS) is 10.8. The van der Waals surface area contributed by atoms with Crippen LogP contribution in [-0.2, 0) is 16.1 Å². The van der Waals surface area contributed by atoms with Gasteiger partial charge in [-0.3, -0.25) is 4.79 Å². The molecule has 22 heavy (non-hydrogen) atoms. The topological polar surface area (TPSA) is 48.4 Å². The van der Waals surface area contributed by atoms with Crippen LogP contribution in [0.5, 0.6) is 5.75 Å². The summed E-state index contributed by atoms with van der Waals surface area (Å²) in [6, 6.07) is 7.89. The van der Waals surface area contributed by atoms with Gasteiger partial charge in [-0.2, -0.15) is 0 Å². The van der Waals surface area contributed by atoms with Gasteiger partial charge >= 0.3 is 5.97 Å². The van der Waals surface area contributed by atoms with Crippen LogP contribution in [0.25, 0.3) is 10.6 Å². The number of carbonyl (C=O) groups is 1. The van der Waals surface area contributed by atoms with Crippen molar-refractivity contribution in [1.29, 1.82) is 0 Å². The number of benzene rings is 1. The SMILES string of the molecule is CCC(=O)OCc1sc(-c2ccc(OC(C)C)cc2)nc1C. The van der Waals surface area contributed by atoms with Gasteiger partial charge in [0, 0.05) is 12.0 Å². The lowest BCUT2D eigenvalue weighted by Crippen LogP contribution is -2.05. The molecule has 0 radical (unpaired) electrons. The summed E-state index contributed by atoms with van der Waals surface area (Å²) in [5.41, 5.74) is 1.95. The van der Waals surface area contributed by atoms with Gasteiger partial charge in [-0.25, -0.2) is 4.98 Å². The van der Waals surface area contributed by atoms with Crippen molar-refractivity contribution in [3.63, 3.8) is 0 Å². The van der Waals surface area contributed by atoms with E-state index in [0.717, 1.165) is 26.9 Å². The maximum Gasteiger partial charge on any atom is 0.305 e. The van der Waals surface area contributed by atoms with Gasteiger partial charge in [0.1, 0.15) is 17.4 Å². The van der Waals surface area contributed by atoms with Crippen LogP contribution in [0.15, 0.2) is 24.3 Å². The van der Waals surface area contributed by atoms with E-state index in [4.69, 9.17) is 9.47 Å². The Morgan fingerprint density at radius 3 is 2.55 bits per heavy atom. The van der Waals surface area contributed by atoms with E-state index in [2.05, 4.69) is 4.98 Å². The third kappa shape index (κ3) is 4.31. The quantitative estimate of drug-likeness (QED) is 0.742. The molecule has 0 unspecified atom stereocenters. The van der Waals surface area contributed by atoms with Gasteiger partial charge in [0.15, 0.2) is 0 Å². The van der Waals surface area contributed by atoms with Crippen LogP contribution in [0.4, 0.5) is 0 Å². The summed E-state index contributed by atoms with van der Waals surface area (Å²) in [5.74, 6) is 0.661. The summed E-state index contributed by atoms with van der Waals surface area (Å²) >= 11 is 1.56. The highest BCUT2D eigenvalue weighted by molar-refractivity contribution is 7.15. The number of aryl methyl sites for hydroxylation is 1. The van der Waals surface area contributed by atoms with Crippen molar-refractivity contribution in [2.75, 3.05) is 0 Å². The van der Waals surface area contributed by atoms with E-state index < -0.39 is 0 Å². The van der Waals surface area contributed by atoms with Gasteiger partial charge in [0.2, 0.25) is 0 Å². The molecule has 1 aromatic carbocycles. The Labute approximate surface area is 135 Å². The molecule has 0 atom stereocenters. The van der Waals surface area contributed by atoms with E-state index in [1.54, 1.807) is 18.3 Å². The van der Waals surface area contributed by atoms with Crippen LogP contribution < -0.4 is 4.74 Å². The van der Waals surface area contributed by atoms with Crippen LogP contribution in [-0.4, -0.2) is 17.1 Å².